The number of rotatable bonds is 3. The number of hydrogen-bond acceptors (Lipinski definition) is 2. The highest BCUT2D eigenvalue weighted by molar-refractivity contribution is 6.45. The molecule has 1 N–H and O–H groups in total. The molecule has 0 spiro atoms. The van der Waals surface area contributed by atoms with E-state index >= 15 is 0 Å². The van der Waals surface area contributed by atoms with Crippen LogP contribution in [0.1, 0.15) is 6.42 Å². The standard InChI is InChI=1S/C14H10Cl2N4/c15-12-3-2-10-11(9-6-18-19-7-9)8-20(5-1-4-17)14(10)13(12)16/h2-3,6-8H,1,5H2,(H,18,19). The molecule has 0 saturated carbocycles. The molecule has 3 aromatic rings. The quantitative estimate of drug-likeness (QED) is 0.786. The van der Waals surface area contributed by atoms with Crippen LogP contribution >= 0.6 is 23.2 Å². The lowest BCUT2D eigenvalue weighted by Crippen LogP contribution is -1.95. The van der Waals surface area contributed by atoms with Gasteiger partial charge in [-0.05, 0) is 6.07 Å². The molecule has 1 aromatic carbocycles. The summed E-state index contributed by atoms with van der Waals surface area (Å²) in [5, 5.41) is 17.6. The van der Waals surface area contributed by atoms with Crippen molar-refractivity contribution in [3.05, 3.63) is 40.8 Å². The van der Waals surface area contributed by atoms with Gasteiger partial charge in [0.2, 0.25) is 0 Å². The van der Waals surface area contributed by atoms with Crippen LogP contribution in [0.15, 0.2) is 30.7 Å². The summed E-state index contributed by atoms with van der Waals surface area (Å²) in [6.45, 7) is 0.574. The minimum Gasteiger partial charge on any atom is -0.345 e. The number of benzene rings is 1. The fourth-order valence-electron chi connectivity index (χ4n) is 2.30. The van der Waals surface area contributed by atoms with E-state index in [0.717, 1.165) is 22.0 Å². The zero-order valence-corrected chi connectivity index (χ0v) is 11.9. The van der Waals surface area contributed by atoms with Crippen molar-refractivity contribution in [2.24, 2.45) is 0 Å². The second-order valence-electron chi connectivity index (χ2n) is 4.39. The molecule has 4 nitrogen and oxygen atoms in total. The third-order valence-corrected chi connectivity index (χ3v) is 4.00. The van der Waals surface area contributed by atoms with E-state index in [1.54, 1.807) is 12.3 Å². The van der Waals surface area contributed by atoms with E-state index in [9.17, 15) is 0 Å². The minimum absolute atomic E-state index is 0.414. The van der Waals surface area contributed by atoms with Crippen LogP contribution in [0.25, 0.3) is 22.0 Å². The van der Waals surface area contributed by atoms with Gasteiger partial charge in [0.15, 0.2) is 0 Å². The highest BCUT2D eigenvalue weighted by Crippen LogP contribution is 2.37. The molecule has 0 amide bonds. The average molecular weight is 305 g/mol. The van der Waals surface area contributed by atoms with Crippen molar-refractivity contribution < 1.29 is 0 Å². The second kappa shape index (κ2) is 5.20. The number of fused-ring (bicyclic) bond motifs is 1. The maximum Gasteiger partial charge on any atom is 0.0835 e. The van der Waals surface area contributed by atoms with E-state index in [2.05, 4.69) is 16.3 Å². The Morgan fingerprint density at radius 3 is 2.90 bits per heavy atom. The molecule has 0 aliphatic rings. The Bertz CT molecular complexity index is 797. The van der Waals surface area contributed by atoms with Crippen molar-refractivity contribution in [3.8, 4) is 17.2 Å². The summed E-state index contributed by atoms with van der Waals surface area (Å²) in [6, 6.07) is 5.86. The van der Waals surface area contributed by atoms with Gasteiger partial charge < -0.3 is 4.57 Å². The summed E-state index contributed by atoms with van der Waals surface area (Å²) in [5.74, 6) is 0. The number of hydrogen-bond donors (Lipinski definition) is 1. The summed E-state index contributed by atoms with van der Waals surface area (Å²) < 4.78 is 1.97. The normalized spacial score (nSPS) is 10.8. The van der Waals surface area contributed by atoms with Crippen molar-refractivity contribution in [2.75, 3.05) is 0 Å². The number of aromatic nitrogens is 3. The second-order valence-corrected chi connectivity index (χ2v) is 5.17. The molecule has 20 heavy (non-hydrogen) atoms. The first-order chi connectivity index (χ1) is 9.72. The first kappa shape index (κ1) is 13.0. The lowest BCUT2D eigenvalue weighted by atomic mass is 10.1. The number of halogens is 2. The molecule has 0 fully saturated rings. The van der Waals surface area contributed by atoms with E-state index in [0.29, 0.717) is 23.0 Å². The van der Waals surface area contributed by atoms with Crippen LogP contribution in [-0.2, 0) is 6.54 Å². The lowest BCUT2D eigenvalue weighted by Gasteiger charge is -2.04. The van der Waals surface area contributed by atoms with Crippen LogP contribution in [-0.4, -0.2) is 14.8 Å². The monoisotopic (exact) mass is 304 g/mol. The zero-order chi connectivity index (χ0) is 14.1. The van der Waals surface area contributed by atoms with E-state index in [4.69, 9.17) is 28.5 Å². The van der Waals surface area contributed by atoms with Gasteiger partial charge in [-0.1, -0.05) is 29.3 Å². The van der Waals surface area contributed by atoms with E-state index in [1.807, 2.05) is 23.0 Å². The summed E-state index contributed by atoms with van der Waals surface area (Å²) in [4.78, 5) is 0. The zero-order valence-electron chi connectivity index (χ0n) is 10.4. The number of aromatic amines is 1. The maximum atomic E-state index is 8.78. The number of H-pyrrole nitrogens is 1. The maximum absolute atomic E-state index is 8.78. The molecule has 2 aromatic heterocycles. The Morgan fingerprint density at radius 1 is 1.35 bits per heavy atom. The number of nitrogens with one attached hydrogen (secondary N) is 1. The molecule has 3 rings (SSSR count). The highest BCUT2D eigenvalue weighted by atomic mass is 35.5. The Balaban J connectivity index is 2.28. The summed E-state index contributed by atoms with van der Waals surface area (Å²) in [6.07, 6.45) is 5.98. The SMILES string of the molecule is N#CCCn1cc(-c2cn[nH]c2)c2ccc(Cl)c(Cl)c21. The lowest BCUT2D eigenvalue weighted by molar-refractivity contribution is 0.745. The largest absolute Gasteiger partial charge is 0.345 e. The van der Waals surface area contributed by atoms with Gasteiger partial charge in [0.05, 0.1) is 34.2 Å². The molecule has 6 heteroatoms. The van der Waals surface area contributed by atoms with Crippen LogP contribution in [0.2, 0.25) is 10.0 Å². The number of nitriles is 1. The number of aryl methyl sites for hydroxylation is 1. The van der Waals surface area contributed by atoms with Crippen LogP contribution in [0.3, 0.4) is 0 Å². The minimum atomic E-state index is 0.414. The van der Waals surface area contributed by atoms with Gasteiger partial charge in [-0.3, -0.25) is 5.10 Å². The molecule has 0 bridgehead atoms. The molecule has 2 heterocycles. The Morgan fingerprint density at radius 2 is 2.20 bits per heavy atom. The Hall–Kier alpha value is -1.96. The van der Waals surface area contributed by atoms with Gasteiger partial charge in [-0.2, -0.15) is 10.4 Å². The van der Waals surface area contributed by atoms with Gasteiger partial charge in [0, 0.05) is 35.5 Å². The van der Waals surface area contributed by atoms with E-state index in [1.165, 1.54) is 0 Å². The molecule has 100 valence electrons. The molecule has 0 radical (unpaired) electrons. The summed E-state index contributed by atoms with van der Waals surface area (Å²) in [7, 11) is 0. The van der Waals surface area contributed by atoms with Gasteiger partial charge in [-0.25, -0.2) is 0 Å². The van der Waals surface area contributed by atoms with Crippen LogP contribution < -0.4 is 0 Å². The molecule has 0 atom stereocenters. The molecular formula is C14H10Cl2N4. The van der Waals surface area contributed by atoms with Crippen molar-refractivity contribution in [1.29, 1.82) is 5.26 Å². The Labute approximate surface area is 125 Å². The van der Waals surface area contributed by atoms with Gasteiger partial charge >= 0.3 is 0 Å². The van der Waals surface area contributed by atoms with Gasteiger partial charge in [-0.15, -0.1) is 0 Å². The first-order valence-corrected chi connectivity index (χ1v) is 6.81. The molecule has 0 aliphatic carbocycles. The number of nitrogens with zero attached hydrogens (tertiary/aromatic N) is 3. The van der Waals surface area contributed by atoms with E-state index in [-0.39, 0.29) is 0 Å². The fraction of sp³-hybridized carbons (Fsp3) is 0.143. The predicted molar refractivity (Wildman–Crippen MR) is 79.8 cm³/mol. The average Bonchev–Trinajstić information content (AvgIpc) is 3.07. The van der Waals surface area contributed by atoms with E-state index < -0.39 is 0 Å². The third kappa shape index (κ3) is 2.05. The van der Waals surface area contributed by atoms with Crippen molar-refractivity contribution in [2.45, 2.75) is 13.0 Å². The van der Waals surface area contributed by atoms with Crippen LogP contribution in [0, 0.1) is 11.3 Å². The fourth-order valence-corrected chi connectivity index (χ4v) is 2.73. The molecule has 0 unspecified atom stereocenters. The summed E-state index contributed by atoms with van der Waals surface area (Å²) in [5.41, 5.74) is 2.85. The van der Waals surface area contributed by atoms with Crippen LogP contribution in [0.5, 0.6) is 0 Å². The smallest absolute Gasteiger partial charge is 0.0835 e. The summed E-state index contributed by atoms with van der Waals surface area (Å²) >= 11 is 12.4. The first-order valence-electron chi connectivity index (χ1n) is 6.05. The topological polar surface area (TPSA) is 57.4 Å². The Kier molecular flexibility index (Phi) is 3.39. The third-order valence-electron chi connectivity index (χ3n) is 3.21. The molecule has 0 aliphatic heterocycles. The van der Waals surface area contributed by atoms with Crippen molar-refractivity contribution in [3.63, 3.8) is 0 Å². The van der Waals surface area contributed by atoms with Gasteiger partial charge in [0.1, 0.15) is 0 Å². The molecule has 0 saturated heterocycles. The molecular weight excluding hydrogens is 295 g/mol. The predicted octanol–water partition coefficient (Wildman–Crippen LogP) is 4.25. The van der Waals surface area contributed by atoms with Crippen LogP contribution in [0.4, 0.5) is 0 Å². The van der Waals surface area contributed by atoms with Gasteiger partial charge in [0.25, 0.3) is 0 Å². The van der Waals surface area contributed by atoms with Crippen molar-refractivity contribution in [1.82, 2.24) is 14.8 Å². The van der Waals surface area contributed by atoms with Crippen molar-refractivity contribution >= 4 is 34.1 Å². The highest BCUT2D eigenvalue weighted by Gasteiger charge is 2.15.